The molecule has 0 saturated carbocycles. The number of nitrogens with zero attached hydrogens (tertiary/aromatic N) is 1. The Bertz CT molecular complexity index is 863. The van der Waals surface area contributed by atoms with E-state index < -0.39 is 36.9 Å². The van der Waals surface area contributed by atoms with E-state index in [0.29, 0.717) is 0 Å². The average molecular weight is 371 g/mol. The lowest BCUT2D eigenvalue weighted by molar-refractivity contribution is -0.171. The van der Waals surface area contributed by atoms with Crippen molar-refractivity contribution >= 4 is 12.1 Å². The van der Waals surface area contributed by atoms with Crippen LogP contribution in [-0.2, 0) is 9.53 Å². The maximum Gasteiger partial charge on any atom is 0.409 e. The Kier molecular flexibility index (Phi) is 4.11. The molecule has 1 unspecified atom stereocenters. The van der Waals surface area contributed by atoms with E-state index in [9.17, 15) is 19.1 Å². The predicted octanol–water partition coefficient (Wildman–Crippen LogP) is 2.40. The fraction of sp³-hybridized carbons (Fsp3) is 0.300. The molecule has 1 fully saturated rings. The minimum atomic E-state index is -2.44. The lowest BCUT2D eigenvalue weighted by atomic mass is 9.89. The Hall–Kier alpha value is -2.93. The maximum absolute atomic E-state index is 13.5. The van der Waals surface area contributed by atoms with Crippen molar-refractivity contribution in [1.82, 2.24) is 4.90 Å². The number of β-amino-alcohol motifs (C(OH)–C–C–N with tert-alkyl or cyclic N) is 1. The molecule has 4 rings (SSSR count). The average Bonchev–Trinajstić information content (AvgIpc) is 2.97. The molecule has 6 nitrogen and oxygen atoms in total. The highest BCUT2D eigenvalue weighted by molar-refractivity contribution is 5.79. The Balaban J connectivity index is 1.43. The zero-order chi connectivity index (χ0) is 19.2. The Morgan fingerprint density at radius 2 is 1.63 bits per heavy atom. The molecule has 1 heterocycles. The number of carbonyl (C=O) groups excluding carboxylic acids is 1. The van der Waals surface area contributed by atoms with Crippen LogP contribution in [0.4, 0.5) is 9.18 Å². The monoisotopic (exact) mass is 371 g/mol. The molecule has 2 aliphatic rings. The van der Waals surface area contributed by atoms with Gasteiger partial charge in [0, 0.05) is 5.92 Å². The van der Waals surface area contributed by atoms with Gasteiger partial charge in [-0.2, -0.15) is 0 Å². The van der Waals surface area contributed by atoms with Gasteiger partial charge in [-0.15, -0.1) is 0 Å². The van der Waals surface area contributed by atoms with Crippen LogP contribution in [0.25, 0.3) is 11.1 Å². The van der Waals surface area contributed by atoms with Crippen LogP contribution < -0.4 is 0 Å². The lowest BCUT2D eigenvalue weighted by Crippen LogP contribution is -2.69. The summed E-state index contributed by atoms with van der Waals surface area (Å²) >= 11 is 0. The fourth-order valence-corrected chi connectivity index (χ4v) is 3.82. The number of carbonyl (C=O) groups is 2. The van der Waals surface area contributed by atoms with Gasteiger partial charge >= 0.3 is 12.1 Å². The van der Waals surface area contributed by atoms with Gasteiger partial charge in [0.25, 0.3) is 0 Å². The summed E-state index contributed by atoms with van der Waals surface area (Å²) in [6.45, 7) is -0.700. The van der Waals surface area contributed by atoms with Crippen LogP contribution in [0.15, 0.2) is 48.5 Å². The molecule has 27 heavy (non-hydrogen) atoms. The van der Waals surface area contributed by atoms with Gasteiger partial charge in [-0.05, 0) is 22.3 Å². The van der Waals surface area contributed by atoms with Crippen molar-refractivity contribution in [2.75, 3.05) is 19.7 Å². The van der Waals surface area contributed by atoms with Gasteiger partial charge in [-0.25, -0.2) is 14.0 Å². The van der Waals surface area contributed by atoms with E-state index in [1.54, 1.807) is 0 Å². The van der Waals surface area contributed by atoms with Gasteiger partial charge in [-0.1, -0.05) is 48.5 Å². The largest absolute Gasteiger partial charge is 0.479 e. The van der Waals surface area contributed by atoms with E-state index in [4.69, 9.17) is 9.84 Å². The van der Waals surface area contributed by atoms with Crippen LogP contribution in [0.2, 0.25) is 0 Å². The summed E-state index contributed by atoms with van der Waals surface area (Å²) in [5.41, 5.74) is 2.29. The molecule has 1 amide bonds. The summed E-state index contributed by atoms with van der Waals surface area (Å²) in [7, 11) is 0. The Morgan fingerprint density at radius 3 is 2.15 bits per heavy atom. The molecule has 2 aromatic rings. The molecule has 1 saturated heterocycles. The van der Waals surface area contributed by atoms with Crippen LogP contribution in [-0.4, -0.2) is 58.6 Å². The van der Waals surface area contributed by atoms with Crippen molar-refractivity contribution in [3.05, 3.63) is 59.7 Å². The number of hydrogen-bond acceptors (Lipinski definition) is 4. The first-order chi connectivity index (χ1) is 12.9. The first-order valence-electron chi connectivity index (χ1n) is 8.60. The third-order valence-corrected chi connectivity index (χ3v) is 5.21. The third-order valence-electron chi connectivity index (χ3n) is 5.21. The summed E-state index contributed by atoms with van der Waals surface area (Å²) in [6, 6.07) is 15.8. The number of aliphatic carboxylic acids is 1. The number of alkyl halides is 1. The number of ether oxygens (including phenoxy) is 1. The molecule has 0 bridgehead atoms. The van der Waals surface area contributed by atoms with E-state index >= 15 is 0 Å². The molecule has 0 radical (unpaired) electrons. The van der Waals surface area contributed by atoms with Crippen LogP contribution in [0.1, 0.15) is 17.0 Å². The van der Waals surface area contributed by atoms with Crippen LogP contribution in [0.5, 0.6) is 0 Å². The Morgan fingerprint density at radius 1 is 1.11 bits per heavy atom. The predicted molar refractivity (Wildman–Crippen MR) is 94.1 cm³/mol. The number of aliphatic hydroxyl groups is 1. The number of carboxylic acids is 1. The molecular formula is C20H18FNO5. The smallest absolute Gasteiger partial charge is 0.409 e. The van der Waals surface area contributed by atoms with Crippen molar-refractivity contribution in [2.24, 2.45) is 0 Å². The second kappa shape index (κ2) is 6.35. The normalized spacial score (nSPS) is 18.2. The van der Waals surface area contributed by atoms with E-state index in [0.717, 1.165) is 27.2 Å². The molecule has 2 aromatic carbocycles. The number of halogens is 1. The van der Waals surface area contributed by atoms with Crippen LogP contribution in [0, 0.1) is 0 Å². The molecule has 2 N–H and O–H groups in total. The van der Waals surface area contributed by atoms with Crippen molar-refractivity contribution < 1.29 is 28.9 Å². The van der Waals surface area contributed by atoms with Gasteiger partial charge in [0.1, 0.15) is 12.2 Å². The van der Waals surface area contributed by atoms with Crippen molar-refractivity contribution in [3.63, 3.8) is 0 Å². The summed E-state index contributed by atoms with van der Waals surface area (Å²) in [6.07, 6.45) is -3.13. The molecule has 0 spiro atoms. The number of benzene rings is 2. The number of rotatable bonds is 4. The first kappa shape index (κ1) is 17.5. The fourth-order valence-electron chi connectivity index (χ4n) is 3.82. The number of hydrogen-bond donors (Lipinski definition) is 2. The minimum absolute atomic E-state index is 0.102. The van der Waals surface area contributed by atoms with Gasteiger partial charge in [-0.3, -0.25) is 0 Å². The van der Waals surface area contributed by atoms with Crippen molar-refractivity contribution in [2.45, 2.75) is 17.7 Å². The Labute approximate surface area is 154 Å². The summed E-state index contributed by atoms with van der Waals surface area (Å²) in [5.74, 6) is -1.85. The molecule has 1 aliphatic carbocycles. The number of amides is 1. The van der Waals surface area contributed by atoms with Gasteiger partial charge in [0.2, 0.25) is 6.17 Å². The van der Waals surface area contributed by atoms with E-state index in [-0.39, 0.29) is 12.5 Å². The molecule has 1 aliphatic heterocycles. The van der Waals surface area contributed by atoms with E-state index in [1.165, 1.54) is 0 Å². The SMILES string of the molecule is O=C(O)C(F)C1(O)CN(C(=O)OCC2c3ccccc3-c3ccccc32)C1. The topological polar surface area (TPSA) is 87.1 Å². The van der Waals surface area contributed by atoms with Gasteiger partial charge in [0.15, 0.2) is 0 Å². The molecule has 0 aromatic heterocycles. The minimum Gasteiger partial charge on any atom is -0.479 e. The van der Waals surface area contributed by atoms with E-state index in [2.05, 4.69) is 0 Å². The highest BCUT2D eigenvalue weighted by Gasteiger charge is 2.53. The van der Waals surface area contributed by atoms with Gasteiger partial charge < -0.3 is 19.8 Å². The first-order valence-corrected chi connectivity index (χ1v) is 8.60. The maximum atomic E-state index is 13.5. The van der Waals surface area contributed by atoms with E-state index in [1.807, 2.05) is 48.5 Å². The second-order valence-electron chi connectivity index (χ2n) is 6.96. The molecule has 7 heteroatoms. The van der Waals surface area contributed by atoms with Gasteiger partial charge in [0.05, 0.1) is 13.1 Å². The molecular weight excluding hydrogens is 353 g/mol. The number of carboxylic acid groups (broad SMARTS) is 1. The zero-order valence-corrected chi connectivity index (χ0v) is 14.3. The lowest BCUT2D eigenvalue weighted by Gasteiger charge is -2.45. The third kappa shape index (κ3) is 2.84. The quantitative estimate of drug-likeness (QED) is 0.862. The second-order valence-corrected chi connectivity index (χ2v) is 6.96. The highest BCUT2D eigenvalue weighted by Crippen LogP contribution is 2.44. The van der Waals surface area contributed by atoms with Crippen LogP contribution >= 0.6 is 0 Å². The molecule has 140 valence electrons. The number of likely N-dealkylation sites (tertiary alicyclic amines) is 1. The summed E-state index contributed by atoms with van der Waals surface area (Å²) in [5, 5.41) is 18.6. The molecule has 1 atom stereocenters. The van der Waals surface area contributed by atoms with Crippen LogP contribution in [0.3, 0.4) is 0 Å². The van der Waals surface area contributed by atoms with Crippen molar-refractivity contribution in [1.29, 1.82) is 0 Å². The van der Waals surface area contributed by atoms with Crippen molar-refractivity contribution in [3.8, 4) is 11.1 Å². The zero-order valence-electron chi connectivity index (χ0n) is 14.3. The summed E-state index contributed by atoms with van der Waals surface area (Å²) in [4.78, 5) is 24.0. The standard InChI is InChI=1S/C20H18FNO5/c21-17(18(23)24)20(26)10-22(11-20)19(25)27-9-16-14-7-3-1-5-12(14)13-6-2-4-8-15(13)16/h1-8,16-17,26H,9-11H2,(H,23,24). The summed E-state index contributed by atoms with van der Waals surface area (Å²) < 4.78 is 18.9. The number of fused-ring (bicyclic) bond motifs is 3. The highest BCUT2D eigenvalue weighted by atomic mass is 19.1.